The van der Waals surface area contributed by atoms with E-state index in [9.17, 15) is 10.2 Å². The average molecular weight is 277 g/mol. The van der Waals surface area contributed by atoms with Crippen molar-refractivity contribution in [2.24, 2.45) is 11.8 Å². The van der Waals surface area contributed by atoms with Crippen LogP contribution in [0.15, 0.2) is 18.2 Å². The lowest BCUT2D eigenvalue weighted by molar-refractivity contribution is 0.133. The molecule has 3 rings (SSSR count). The van der Waals surface area contributed by atoms with E-state index >= 15 is 0 Å². The van der Waals surface area contributed by atoms with Crippen molar-refractivity contribution in [1.29, 1.82) is 0 Å². The quantitative estimate of drug-likeness (QED) is 0.887. The number of aliphatic hydroxyl groups excluding tert-OH is 2. The Hall–Kier alpha value is -1.26. The van der Waals surface area contributed by atoms with Crippen molar-refractivity contribution >= 4 is 5.69 Å². The van der Waals surface area contributed by atoms with Crippen LogP contribution in [0.2, 0.25) is 0 Å². The number of rotatable bonds is 3. The predicted molar refractivity (Wildman–Crippen MR) is 78.1 cm³/mol. The molecule has 2 N–H and O–H groups in total. The summed E-state index contributed by atoms with van der Waals surface area (Å²) in [6.45, 7) is 3.61. The number of ether oxygens (including phenoxy) is 1. The molecule has 2 fully saturated rings. The van der Waals surface area contributed by atoms with Gasteiger partial charge in [0.15, 0.2) is 0 Å². The van der Waals surface area contributed by atoms with Crippen LogP contribution in [0.25, 0.3) is 0 Å². The zero-order valence-electron chi connectivity index (χ0n) is 12.1. The number of benzene rings is 1. The number of aliphatic hydroxyl groups is 2. The van der Waals surface area contributed by atoms with Crippen molar-refractivity contribution in [3.05, 3.63) is 23.8 Å². The van der Waals surface area contributed by atoms with Gasteiger partial charge in [-0.15, -0.1) is 0 Å². The molecule has 1 heterocycles. The number of hydrogen-bond acceptors (Lipinski definition) is 4. The normalized spacial score (nSPS) is 30.4. The molecule has 0 amide bonds. The minimum absolute atomic E-state index is 0.161. The SMILES string of the molecule is COc1cccc(N2CC3CCC(O)C3C2)c1[C@@H](C)O. The molecule has 20 heavy (non-hydrogen) atoms. The monoisotopic (exact) mass is 277 g/mol. The summed E-state index contributed by atoms with van der Waals surface area (Å²) < 4.78 is 5.39. The Kier molecular flexibility index (Phi) is 3.61. The van der Waals surface area contributed by atoms with E-state index in [-0.39, 0.29) is 6.10 Å². The fourth-order valence-corrected chi connectivity index (χ4v) is 3.84. The van der Waals surface area contributed by atoms with Crippen LogP contribution in [0, 0.1) is 11.8 Å². The molecule has 110 valence electrons. The maximum absolute atomic E-state index is 10.1. The Morgan fingerprint density at radius 1 is 1.30 bits per heavy atom. The van der Waals surface area contributed by atoms with E-state index in [1.807, 2.05) is 18.2 Å². The summed E-state index contributed by atoms with van der Waals surface area (Å²) in [4.78, 5) is 2.29. The van der Waals surface area contributed by atoms with Gasteiger partial charge in [0, 0.05) is 30.3 Å². The lowest BCUT2D eigenvalue weighted by Crippen LogP contribution is -2.25. The molecular weight excluding hydrogens is 254 g/mol. The third-order valence-electron chi connectivity index (χ3n) is 4.84. The maximum atomic E-state index is 10.1. The lowest BCUT2D eigenvalue weighted by atomic mass is 10.00. The van der Waals surface area contributed by atoms with E-state index in [0.29, 0.717) is 11.8 Å². The molecule has 1 saturated heterocycles. The topological polar surface area (TPSA) is 52.9 Å². The first-order chi connectivity index (χ1) is 9.61. The number of anilines is 1. The van der Waals surface area contributed by atoms with Gasteiger partial charge in [0.05, 0.1) is 19.3 Å². The minimum Gasteiger partial charge on any atom is -0.496 e. The summed E-state index contributed by atoms with van der Waals surface area (Å²) in [6, 6.07) is 5.89. The van der Waals surface area contributed by atoms with E-state index in [4.69, 9.17) is 4.74 Å². The molecule has 1 aromatic carbocycles. The van der Waals surface area contributed by atoms with Crippen molar-refractivity contribution in [2.45, 2.75) is 32.0 Å². The second-order valence-corrected chi connectivity index (χ2v) is 6.04. The van der Waals surface area contributed by atoms with Gasteiger partial charge < -0.3 is 19.8 Å². The van der Waals surface area contributed by atoms with Crippen LogP contribution in [0.3, 0.4) is 0 Å². The molecule has 1 aromatic rings. The van der Waals surface area contributed by atoms with Crippen molar-refractivity contribution in [3.63, 3.8) is 0 Å². The van der Waals surface area contributed by atoms with Crippen molar-refractivity contribution in [2.75, 3.05) is 25.1 Å². The van der Waals surface area contributed by atoms with Gasteiger partial charge in [-0.25, -0.2) is 0 Å². The van der Waals surface area contributed by atoms with E-state index in [1.54, 1.807) is 14.0 Å². The summed E-state index contributed by atoms with van der Waals surface area (Å²) in [5.41, 5.74) is 1.89. The summed E-state index contributed by atoms with van der Waals surface area (Å²) in [7, 11) is 1.63. The van der Waals surface area contributed by atoms with Crippen LogP contribution in [0.5, 0.6) is 5.75 Å². The number of fused-ring (bicyclic) bond motifs is 1. The van der Waals surface area contributed by atoms with Crippen LogP contribution >= 0.6 is 0 Å². The number of nitrogens with zero attached hydrogens (tertiary/aromatic N) is 1. The Bertz CT molecular complexity index is 489. The van der Waals surface area contributed by atoms with Gasteiger partial charge in [0.25, 0.3) is 0 Å². The molecule has 0 aromatic heterocycles. The van der Waals surface area contributed by atoms with Crippen molar-refractivity contribution in [3.8, 4) is 5.75 Å². The van der Waals surface area contributed by atoms with Gasteiger partial charge in [0.2, 0.25) is 0 Å². The Labute approximate surface area is 120 Å². The molecule has 0 radical (unpaired) electrons. The Morgan fingerprint density at radius 2 is 2.10 bits per heavy atom. The predicted octanol–water partition coefficient (Wildman–Crippen LogP) is 1.96. The van der Waals surface area contributed by atoms with E-state index in [0.717, 1.165) is 42.9 Å². The van der Waals surface area contributed by atoms with E-state index in [2.05, 4.69) is 4.90 Å². The molecule has 1 saturated carbocycles. The molecular formula is C16H23NO3. The Balaban J connectivity index is 1.91. The van der Waals surface area contributed by atoms with Gasteiger partial charge in [-0.3, -0.25) is 0 Å². The van der Waals surface area contributed by atoms with Gasteiger partial charge in [-0.2, -0.15) is 0 Å². The molecule has 1 aliphatic carbocycles. The number of hydrogen-bond donors (Lipinski definition) is 2. The molecule has 4 heteroatoms. The highest BCUT2D eigenvalue weighted by molar-refractivity contribution is 5.61. The van der Waals surface area contributed by atoms with Gasteiger partial charge >= 0.3 is 0 Å². The average Bonchev–Trinajstić information content (AvgIpc) is 3.00. The summed E-state index contributed by atoms with van der Waals surface area (Å²) in [5, 5.41) is 20.1. The molecule has 4 atom stereocenters. The summed E-state index contributed by atoms with van der Waals surface area (Å²) in [5.74, 6) is 1.69. The summed E-state index contributed by atoms with van der Waals surface area (Å²) >= 11 is 0. The minimum atomic E-state index is -0.563. The first kappa shape index (κ1) is 13.7. The van der Waals surface area contributed by atoms with Crippen LogP contribution in [0.4, 0.5) is 5.69 Å². The first-order valence-corrected chi connectivity index (χ1v) is 7.39. The van der Waals surface area contributed by atoms with Gasteiger partial charge in [-0.1, -0.05) is 6.07 Å². The molecule has 0 bridgehead atoms. The highest BCUT2D eigenvalue weighted by atomic mass is 16.5. The lowest BCUT2D eigenvalue weighted by Gasteiger charge is -2.26. The second kappa shape index (κ2) is 5.26. The third-order valence-corrected chi connectivity index (χ3v) is 4.84. The molecule has 0 spiro atoms. The van der Waals surface area contributed by atoms with Crippen molar-refractivity contribution in [1.82, 2.24) is 0 Å². The highest BCUT2D eigenvalue weighted by Crippen LogP contribution is 2.43. The standard InChI is InChI=1S/C16H23NO3/c1-10(18)16-13(4-3-5-15(16)20-2)17-8-11-6-7-14(19)12(11)9-17/h3-5,10-12,14,18-19H,6-9H2,1-2H3/t10-,11?,12?,14?/m1/s1. The van der Waals surface area contributed by atoms with Crippen LogP contribution in [-0.2, 0) is 0 Å². The molecule has 3 unspecified atom stereocenters. The molecule has 4 nitrogen and oxygen atoms in total. The largest absolute Gasteiger partial charge is 0.496 e. The molecule has 2 aliphatic rings. The second-order valence-electron chi connectivity index (χ2n) is 6.04. The highest BCUT2D eigenvalue weighted by Gasteiger charge is 2.42. The zero-order chi connectivity index (χ0) is 14.3. The fraction of sp³-hybridized carbons (Fsp3) is 0.625. The van der Waals surface area contributed by atoms with E-state index < -0.39 is 6.10 Å². The first-order valence-electron chi connectivity index (χ1n) is 7.39. The Morgan fingerprint density at radius 3 is 2.75 bits per heavy atom. The van der Waals surface area contributed by atoms with Crippen LogP contribution in [-0.4, -0.2) is 36.5 Å². The van der Waals surface area contributed by atoms with E-state index in [1.165, 1.54) is 0 Å². The maximum Gasteiger partial charge on any atom is 0.126 e. The van der Waals surface area contributed by atoms with Gasteiger partial charge in [0.1, 0.15) is 5.75 Å². The van der Waals surface area contributed by atoms with Crippen molar-refractivity contribution < 1.29 is 14.9 Å². The zero-order valence-corrected chi connectivity index (χ0v) is 12.1. The van der Waals surface area contributed by atoms with Gasteiger partial charge in [-0.05, 0) is 37.8 Å². The molecule has 1 aliphatic heterocycles. The smallest absolute Gasteiger partial charge is 0.126 e. The fourth-order valence-electron chi connectivity index (χ4n) is 3.84. The van der Waals surface area contributed by atoms with Crippen LogP contribution < -0.4 is 9.64 Å². The number of methoxy groups -OCH3 is 1. The van der Waals surface area contributed by atoms with Crippen LogP contribution in [0.1, 0.15) is 31.4 Å². The third kappa shape index (κ3) is 2.17. The summed E-state index contributed by atoms with van der Waals surface area (Å²) in [6.07, 6.45) is 1.32.